The first-order valence-corrected chi connectivity index (χ1v) is 6.54. The Hall–Kier alpha value is -0.980. The Balaban J connectivity index is 1.42. The van der Waals surface area contributed by atoms with Gasteiger partial charge in [-0.05, 0) is 30.5 Å². The van der Waals surface area contributed by atoms with Crippen LogP contribution in [0.3, 0.4) is 0 Å². The Morgan fingerprint density at radius 1 is 1.19 bits per heavy atom. The second kappa shape index (κ2) is 6.57. The van der Waals surface area contributed by atoms with Gasteiger partial charge < -0.3 is 4.74 Å². The van der Waals surface area contributed by atoms with E-state index in [1.165, 1.54) is 44.9 Å². The molecule has 1 aromatic rings. The SMILES string of the molecule is [c]1cccc(OCCCCCCC2CC2)c1. The van der Waals surface area contributed by atoms with Crippen molar-refractivity contribution in [2.45, 2.75) is 44.9 Å². The summed E-state index contributed by atoms with van der Waals surface area (Å²) in [7, 11) is 0. The predicted molar refractivity (Wildman–Crippen MR) is 66.6 cm³/mol. The van der Waals surface area contributed by atoms with Gasteiger partial charge in [-0.2, -0.15) is 0 Å². The number of hydrogen-bond acceptors (Lipinski definition) is 1. The van der Waals surface area contributed by atoms with Gasteiger partial charge in [0, 0.05) is 0 Å². The third-order valence-corrected chi connectivity index (χ3v) is 3.15. The zero-order chi connectivity index (χ0) is 11.1. The number of hydrogen-bond donors (Lipinski definition) is 0. The fourth-order valence-corrected chi connectivity index (χ4v) is 1.95. The number of benzene rings is 1. The fourth-order valence-electron chi connectivity index (χ4n) is 1.95. The van der Waals surface area contributed by atoms with Gasteiger partial charge >= 0.3 is 0 Å². The maximum Gasteiger partial charge on any atom is 0.119 e. The molecule has 0 heterocycles. The molecule has 0 saturated heterocycles. The predicted octanol–water partition coefficient (Wildman–Crippen LogP) is 4.23. The molecule has 1 heteroatoms. The van der Waals surface area contributed by atoms with E-state index in [2.05, 4.69) is 6.07 Å². The summed E-state index contributed by atoms with van der Waals surface area (Å²) in [4.78, 5) is 0. The first-order chi connectivity index (χ1) is 7.95. The van der Waals surface area contributed by atoms with E-state index in [1.54, 1.807) is 0 Å². The van der Waals surface area contributed by atoms with Crippen molar-refractivity contribution in [2.75, 3.05) is 6.61 Å². The van der Waals surface area contributed by atoms with Crippen LogP contribution in [0.1, 0.15) is 44.9 Å². The molecule has 0 bridgehead atoms. The van der Waals surface area contributed by atoms with Crippen LogP contribution in [-0.2, 0) is 0 Å². The molecule has 1 fully saturated rings. The second-order valence-corrected chi connectivity index (χ2v) is 4.73. The van der Waals surface area contributed by atoms with E-state index >= 15 is 0 Å². The Bertz CT molecular complexity index is 277. The summed E-state index contributed by atoms with van der Waals surface area (Å²) in [6.07, 6.45) is 9.74. The van der Waals surface area contributed by atoms with E-state index in [4.69, 9.17) is 4.74 Å². The summed E-state index contributed by atoms with van der Waals surface area (Å²) in [5.74, 6) is 2.04. The molecule has 16 heavy (non-hydrogen) atoms. The van der Waals surface area contributed by atoms with Crippen molar-refractivity contribution in [2.24, 2.45) is 5.92 Å². The monoisotopic (exact) mass is 217 g/mol. The van der Waals surface area contributed by atoms with Crippen molar-refractivity contribution in [3.05, 3.63) is 30.3 Å². The van der Waals surface area contributed by atoms with E-state index in [1.807, 2.05) is 24.3 Å². The minimum Gasteiger partial charge on any atom is -0.494 e. The third-order valence-electron chi connectivity index (χ3n) is 3.15. The van der Waals surface area contributed by atoms with Crippen LogP contribution in [0.2, 0.25) is 0 Å². The summed E-state index contributed by atoms with van der Waals surface area (Å²) in [5, 5.41) is 0. The highest BCUT2D eigenvalue weighted by Crippen LogP contribution is 2.34. The summed E-state index contributed by atoms with van der Waals surface area (Å²) >= 11 is 0. The van der Waals surface area contributed by atoms with E-state index in [0.717, 1.165) is 18.3 Å². The lowest BCUT2D eigenvalue weighted by Gasteiger charge is -2.05. The van der Waals surface area contributed by atoms with Crippen molar-refractivity contribution in [1.29, 1.82) is 0 Å². The van der Waals surface area contributed by atoms with Crippen LogP contribution in [0.5, 0.6) is 5.75 Å². The fraction of sp³-hybridized carbons (Fsp3) is 0.600. The topological polar surface area (TPSA) is 9.23 Å². The number of unbranched alkanes of at least 4 members (excludes halogenated alkanes) is 3. The van der Waals surface area contributed by atoms with Crippen LogP contribution >= 0.6 is 0 Å². The molecule has 1 nitrogen and oxygen atoms in total. The van der Waals surface area contributed by atoms with Crippen LogP contribution in [0, 0.1) is 12.0 Å². The van der Waals surface area contributed by atoms with Crippen LogP contribution in [0.4, 0.5) is 0 Å². The molecule has 1 radical (unpaired) electrons. The van der Waals surface area contributed by atoms with Gasteiger partial charge in [0.05, 0.1) is 6.61 Å². The molecule has 1 aliphatic carbocycles. The lowest BCUT2D eigenvalue weighted by atomic mass is 10.1. The van der Waals surface area contributed by atoms with Gasteiger partial charge in [-0.25, -0.2) is 0 Å². The maximum absolute atomic E-state index is 5.61. The molecular formula is C15H21O. The Morgan fingerprint density at radius 2 is 2.06 bits per heavy atom. The zero-order valence-corrected chi connectivity index (χ0v) is 9.95. The van der Waals surface area contributed by atoms with Crippen LogP contribution < -0.4 is 4.74 Å². The molecule has 1 aromatic carbocycles. The Kier molecular flexibility index (Phi) is 4.72. The Labute approximate surface area is 98.8 Å². The number of rotatable bonds is 8. The average molecular weight is 217 g/mol. The number of ether oxygens (including phenoxy) is 1. The molecule has 87 valence electrons. The van der Waals surface area contributed by atoms with Crippen molar-refractivity contribution < 1.29 is 4.74 Å². The van der Waals surface area contributed by atoms with Crippen molar-refractivity contribution in [1.82, 2.24) is 0 Å². The van der Waals surface area contributed by atoms with Crippen LogP contribution in [0.25, 0.3) is 0 Å². The van der Waals surface area contributed by atoms with E-state index < -0.39 is 0 Å². The Morgan fingerprint density at radius 3 is 2.81 bits per heavy atom. The van der Waals surface area contributed by atoms with E-state index in [9.17, 15) is 0 Å². The van der Waals surface area contributed by atoms with E-state index in [-0.39, 0.29) is 0 Å². The second-order valence-electron chi connectivity index (χ2n) is 4.73. The standard InChI is InChI=1S/C15H21O/c1(4-8-14-11-12-14)2-7-13-16-15-9-5-3-6-10-15/h3,5,9-10,14H,1-2,4,7-8,11-13H2. The lowest BCUT2D eigenvalue weighted by molar-refractivity contribution is 0.304. The minimum atomic E-state index is 0.848. The van der Waals surface area contributed by atoms with Gasteiger partial charge in [0.1, 0.15) is 5.75 Å². The zero-order valence-electron chi connectivity index (χ0n) is 9.95. The normalized spacial score (nSPS) is 15.0. The van der Waals surface area contributed by atoms with Gasteiger partial charge in [0.2, 0.25) is 0 Å². The summed E-state index contributed by atoms with van der Waals surface area (Å²) in [6.45, 7) is 0.848. The van der Waals surface area contributed by atoms with Gasteiger partial charge in [0.15, 0.2) is 0 Å². The minimum absolute atomic E-state index is 0.848. The van der Waals surface area contributed by atoms with E-state index in [0.29, 0.717) is 0 Å². The average Bonchev–Trinajstić information content (AvgIpc) is 3.13. The summed E-state index contributed by atoms with van der Waals surface area (Å²) < 4.78 is 5.61. The van der Waals surface area contributed by atoms with Crippen molar-refractivity contribution >= 4 is 0 Å². The molecule has 0 atom stereocenters. The highest BCUT2D eigenvalue weighted by molar-refractivity contribution is 5.19. The molecular weight excluding hydrogens is 196 g/mol. The first kappa shape index (κ1) is 11.5. The van der Waals surface area contributed by atoms with Crippen LogP contribution in [-0.4, -0.2) is 6.61 Å². The highest BCUT2D eigenvalue weighted by Gasteiger charge is 2.19. The molecule has 0 unspecified atom stereocenters. The van der Waals surface area contributed by atoms with Crippen molar-refractivity contribution in [3.63, 3.8) is 0 Å². The molecule has 1 saturated carbocycles. The smallest absolute Gasteiger partial charge is 0.119 e. The molecule has 0 aliphatic heterocycles. The molecule has 0 aromatic heterocycles. The lowest BCUT2D eigenvalue weighted by Crippen LogP contribution is -1.96. The van der Waals surface area contributed by atoms with Gasteiger partial charge in [-0.3, -0.25) is 0 Å². The van der Waals surface area contributed by atoms with Crippen molar-refractivity contribution in [3.8, 4) is 5.75 Å². The van der Waals surface area contributed by atoms with Gasteiger partial charge in [0.25, 0.3) is 0 Å². The molecule has 1 aliphatic rings. The highest BCUT2D eigenvalue weighted by atomic mass is 16.5. The molecule has 0 spiro atoms. The molecule has 0 amide bonds. The largest absolute Gasteiger partial charge is 0.494 e. The summed E-state index contributed by atoms with van der Waals surface area (Å²) in [5.41, 5.74) is 0. The quantitative estimate of drug-likeness (QED) is 0.592. The molecule has 0 N–H and O–H groups in total. The van der Waals surface area contributed by atoms with Gasteiger partial charge in [-0.15, -0.1) is 0 Å². The molecule has 2 rings (SSSR count). The first-order valence-electron chi connectivity index (χ1n) is 6.54. The van der Waals surface area contributed by atoms with Crippen LogP contribution in [0.15, 0.2) is 24.3 Å². The van der Waals surface area contributed by atoms with Gasteiger partial charge in [-0.1, -0.05) is 50.7 Å². The summed E-state index contributed by atoms with van der Waals surface area (Å²) in [6, 6.07) is 10.8. The third kappa shape index (κ3) is 4.69. The maximum atomic E-state index is 5.61.